The maximum Gasteiger partial charge on any atom is 0.170 e. The smallest absolute Gasteiger partial charge is 0.170 e. The van der Waals surface area contributed by atoms with Crippen molar-refractivity contribution in [2.24, 2.45) is 10.9 Å². The molecule has 0 bridgehead atoms. The highest BCUT2D eigenvalue weighted by atomic mass is 16.5. The highest BCUT2D eigenvalue weighted by molar-refractivity contribution is 5.97. The maximum atomic E-state index is 8.71. The summed E-state index contributed by atoms with van der Waals surface area (Å²) in [6.07, 6.45) is 0. The van der Waals surface area contributed by atoms with Crippen molar-refractivity contribution in [3.05, 3.63) is 52.4 Å². The summed E-state index contributed by atoms with van der Waals surface area (Å²) in [5.74, 6) is 0.938. The van der Waals surface area contributed by atoms with Gasteiger partial charge in [-0.3, -0.25) is 0 Å². The van der Waals surface area contributed by atoms with Crippen molar-refractivity contribution in [1.29, 1.82) is 0 Å². The topological polar surface area (TPSA) is 96.7 Å². The molecule has 0 spiro atoms. The predicted molar refractivity (Wildman–Crippen MR) is 80.2 cm³/mol. The van der Waals surface area contributed by atoms with Crippen LogP contribution in [0.2, 0.25) is 0 Å². The Bertz CT molecular complexity index is 629. The Kier molecular flexibility index (Phi) is 4.59. The van der Waals surface area contributed by atoms with Crippen LogP contribution in [0, 0.1) is 13.8 Å². The van der Waals surface area contributed by atoms with E-state index in [1.807, 2.05) is 32.0 Å². The average molecular weight is 288 g/mol. The third kappa shape index (κ3) is 3.41. The lowest BCUT2D eigenvalue weighted by atomic mass is 10.1. The molecule has 2 aromatic rings. The molecule has 0 aliphatic rings. The summed E-state index contributed by atoms with van der Waals surface area (Å²) in [7, 11) is 0. The molecule has 6 heteroatoms. The van der Waals surface area contributed by atoms with Crippen LogP contribution in [0.5, 0.6) is 0 Å². The summed E-state index contributed by atoms with van der Waals surface area (Å²) in [6.45, 7) is 6.58. The number of hydrogen-bond donors (Lipinski definition) is 3. The van der Waals surface area contributed by atoms with E-state index in [4.69, 9.17) is 15.5 Å². The zero-order chi connectivity index (χ0) is 15.4. The minimum atomic E-state index is 0.107. The molecule has 21 heavy (non-hydrogen) atoms. The van der Waals surface area contributed by atoms with Gasteiger partial charge in [-0.2, -0.15) is 0 Å². The van der Waals surface area contributed by atoms with Crippen LogP contribution in [-0.4, -0.2) is 16.2 Å². The number of rotatable bonds is 5. The van der Waals surface area contributed by atoms with Gasteiger partial charge in [0.15, 0.2) is 5.84 Å². The lowest BCUT2D eigenvalue weighted by molar-refractivity contribution is 0.318. The third-order valence-corrected chi connectivity index (χ3v) is 3.46. The minimum absolute atomic E-state index is 0.107. The Labute approximate surface area is 123 Å². The highest BCUT2D eigenvalue weighted by Gasteiger charge is 2.15. The molecule has 1 aromatic heterocycles. The first-order valence-corrected chi connectivity index (χ1v) is 6.76. The molecule has 112 valence electrons. The van der Waals surface area contributed by atoms with Crippen LogP contribution in [-0.2, 0) is 6.54 Å². The standard InChI is InChI=1S/C15H20N4O2/c1-9(14-10(2)19-21-11(14)3)17-8-12-5-4-6-13(7-12)15(16)18-20/h4-7,9,17,20H,8H2,1-3H3,(H2,16,18). The van der Waals surface area contributed by atoms with Gasteiger partial charge in [-0.25, -0.2) is 0 Å². The molecule has 2 rings (SSSR count). The molecule has 1 aromatic carbocycles. The van der Waals surface area contributed by atoms with Gasteiger partial charge in [-0.15, -0.1) is 0 Å². The van der Waals surface area contributed by atoms with Gasteiger partial charge in [-0.1, -0.05) is 28.5 Å². The fourth-order valence-electron chi connectivity index (χ4n) is 2.38. The van der Waals surface area contributed by atoms with Crippen molar-refractivity contribution in [1.82, 2.24) is 10.5 Å². The van der Waals surface area contributed by atoms with Gasteiger partial charge in [0.1, 0.15) is 5.76 Å². The molecule has 1 heterocycles. The van der Waals surface area contributed by atoms with Crippen molar-refractivity contribution in [2.45, 2.75) is 33.4 Å². The zero-order valence-corrected chi connectivity index (χ0v) is 12.4. The number of amidine groups is 1. The second-order valence-electron chi connectivity index (χ2n) is 5.03. The monoisotopic (exact) mass is 288 g/mol. The molecule has 1 atom stereocenters. The Hall–Kier alpha value is -2.34. The molecule has 0 radical (unpaired) electrons. The Balaban J connectivity index is 2.06. The number of benzene rings is 1. The largest absolute Gasteiger partial charge is 0.409 e. The van der Waals surface area contributed by atoms with Gasteiger partial charge in [0.25, 0.3) is 0 Å². The van der Waals surface area contributed by atoms with Crippen LogP contribution in [0.1, 0.15) is 41.1 Å². The number of nitrogens with zero attached hydrogens (tertiary/aromatic N) is 2. The number of nitrogens with two attached hydrogens (primary N) is 1. The Morgan fingerprint density at radius 2 is 2.24 bits per heavy atom. The second kappa shape index (κ2) is 6.41. The van der Waals surface area contributed by atoms with Crippen LogP contribution < -0.4 is 11.1 Å². The normalized spacial score (nSPS) is 13.4. The van der Waals surface area contributed by atoms with Gasteiger partial charge < -0.3 is 20.8 Å². The Morgan fingerprint density at radius 1 is 1.48 bits per heavy atom. The van der Waals surface area contributed by atoms with E-state index in [-0.39, 0.29) is 11.9 Å². The molecule has 0 amide bonds. The summed E-state index contributed by atoms with van der Waals surface area (Å²) >= 11 is 0. The summed E-state index contributed by atoms with van der Waals surface area (Å²) in [6, 6.07) is 7.69. The van der Waals surface area contributed by atoms with Crippen molar-refractivity contribution in [3.63, 3.8) is 0 Å². The summed E-state index contributed by atoms with van der Waals surface area (Å²) in [4.78, 5) is 0. The van der Waals surface area contributed by atoms with Crippen LogP contribution >= 0.6 is 0 Å². The summed E-state index contributed by atoms with van der Waals surface area (Å²) in [5.41, 5.74) is 9.33. The number of hydrogen-bond acceptors (Lipinski definition) is 5. The van der Waals surface area contributed by atoms with Crippen LogP contribution in [0.25, 0.3) is 0 Å². The molecule has 4 N–H and O–H groups in total. The van der Waals surface area contributed by atoms with Crippen LogP contribution in [0.4, 0.5) is 0 Å². The predicted octanol–water partition coefficient (Wildman–Crippen LogP) is 2.24. The van der Waals surface area contributed by atoms with E-state index in [0.717, 1.165) is 22.6 Å². The molecule has 0 saturated heterocycles. The van der Waals surface area contributed by atoms with E-state index < -0.39 is 0 Å². The molecule has 0 fully saturated rings. The molecule has 1 unspecified atom stereocenters. The van der Waals surface area contributed by atoms with E-state index in [2.05, 4.69) is 22.6 Å². The van der Waals surface area contributed by atoms with Crippen LogP contribution in [0.3, 0.4) is 0 Å². The fraction of sp³-hybridized carbons (Fsp3) is 0.333. The van der Waals surface area contributed by atoms with E-state index in [1.54, 1.807) is 6.07 Å². The third-order valence-electron chi connectivity index (χ3n) is 3.46. The first-order valence-electron chi connectivity index (χ1n) is 6.76. The first kappa shape index (κ1) is 15.1. The van der Waals surface area contributed by atoms with E-state index in [1.165, 1.54) is 0 Å². The lowest BCUT2D eigenvalue weighted by Gasteiger charge is -2.14. The minimum Gasteiger partial charge on any atom is -0.409 e. The van der Waals surface area contributed by atoms with Gasteiger partial charge in [0, 0.05) is 23.7 Å². The molecular formula is C15H20N4O2. The molecule has 0 aliphatic heterocycles. The van der Waals surface area contributed by atoms with E-state index in [9.17, 15) is 0 Å². The molecule has 0 saturated carbocycles. The summed E-state index contributed by atoms with van der Waals surface area (Å²) < 4.78 is 5.18. The quantitative estimate of drug-likeness (QED) is 0.339. The maximum absolute atomic E-state index is 8.71. The zero-order valence-electron chi connectivity index (χ0n) is 12.4. The average Bonchev–Trinajstić information content (AvgIpc) is 2.83. The van der Waals surface area contributed by atoms with Gasteiger partial charge in [0.2, 0.25) is 0 Å². The van der Waals surface area contributed by atoms with Crippen molar-refractivity contribution >= 4 is 5.84 Å². The van der Waals surface area contributed by atoms with Gasteiger partial charge >= 0.3 is 0 Å². The highest BCUT2D eigenvalue weighted by Crippen LogP contribution is 2.21. The van der Waals surface area contributed by atoms with Crippen molar-refractivity contribution < 1.29 is 9.73 Å². The van der Waals surface area contributed by atoms with Crippen molar-refractivity contribution in [3.8, 4) is 0 Å². The number of aryl methyl sites for hydroxylation is 2. The van der Waals surface area contributed by atoms with Crippen LogP contribution in [0.15, 0.2) is 33.9 Å². The summed E-state index contributed by atoms with van der Waals surface area (Å²) in [5, 5.41) is 19.1. The fourth-order valence-corrected chi connectivity index (χ4v) is 2.38. The van der Waals surface area contributed by atoms with Gasteiger partial charge in [0.05, 0.1) is 5.69 Å². The molecule has 6 nitrogen and oxygen atoms in total. The molecule has 0 aliphatic carbocycles. The first-order chi connectivity index (χ1) is 10.0. The van der Waals surface area contributed by atoms with E-state index in [0.29, 0.717) is 12.1 Å². The van der Waals surface area contributed by atoms with Crippen molar-refractivity contribution in [2.75, 3.05) is 0 Å². The number of nitrogens with one attached hydrogen (secondary N) is 1. The second-order valence-corrected chi connectivity index (χ2v) is 5.03. The number of oxime groups is 1. The Morgan fingerprint density at radius 3 is 2.86 bits per heavy atom. The number of aromatic nitrogens is 1. The van der Waals surface area contributed by atoms with E-state index >= 15 is 0 Å². The molecular weight excluding hydrogens is 268 g/mol. The van der Waals surface area contributed by atoms with Gasteiger partial charge in [-0.05, 0) is 32.4 Å². The lowest BCUT2D eigenvalue weighted by Crippen LogP contribution is -2.20. The SMILES string of the molecule is Cc1noc(C)c1C(C)NCc1cccc(C(N)=NO)c1.